The number of likely N-dealkylation sites (N-methyl/N-ethyl adjacent to an activating group) is 1. The minimum absolute atomic E-state index is 0.0458. The summed E-state index contributed by atoms with van der Waals surface area (Å²) >= 11 is 0. The molecule has 1 aromatic carbocycles. The summed E-state index contributed by atoms with van der Waals surface area (Å²) in [5, 5.41) is 3.80. The lowest BCUT2D eigenvalue weighted by Crippen LogP contribution is -2.60. The first-order valence-electron chi connectivity index (χ1n) is 16.4. The van der Waals surface area contributed by atoms with Crippen molar-refractivity contribution >= 4 is 23.8 Å². The molecule has 0 unspecified atom stereocenters. The van der Waals surface area contributed by atoms with Gasteiger partial charge in [0.15, 0.2) is 11.5 Å². The zero-order valence-electron chi connectivity index (χ0n) is 29.1. The number of hydrogen-bond acceptors (Lipinski definition) is 8. The number of anilines is 1. The van der Waals surface area contributed by atoms with Crippen molar-refractivity contribution in [1.82, 2.24) is 29.2 Å². The predicted molar refractivity (Wildman–Crippen MR) is 181 cm³/mol. The smallest absolute Gasteiger partial charge is 0.435 e. The highest BCUT2D eigenvalue weighted by molar-refractivity contribution is 6.15. The minimum Gasteiger partial charge on any atom is -0.487 e. The van der Waals surface area contributed by atoms with Crippen LogP contribution in [0.3, 0.4) is 0 Å². The van der Waals surface area contributed by atoms with Crippen LogP contribution >= 0.6 is 0 Å². The maximum absolute atomic E-state index is 14.2. The first-order chi connectivity index (χ1) is 23.5. The molecule has 0 saturated carbocycles. The van der Waals surface area contributed by atoms with Crippen LogP contribution in [-0.4, -0.2) is 79.5 Å². The number of pyridine rings is 1. The molecule has 2 aliphatic rings. The van der Waals surface area contributed by atoms with Crippen LogP contribution in [0.2, 0.25) is 0 Å². The Morgan fingerprint density at radius 3 is 2.46 bits per heavy atom. The van der Waals surface area contributed by atoms with E-state index in [-0.39, 0.29) is 60.1 Å². The molecule has 0 bridgehead atoms. The molecule has 1 saturated heterocycles. The van der Waals surface area contributed by atoms with Crippen molar-refractivity contribution in [3.05, 3.63) is 82.3 Å². The summed E-state index contributed by atoms with van der Waals surface area (Å²) in [6, 6.07) is 7.03. The van der Waals surface area contributed by atoms with Crippen molar-refractivity contribution in [2.75, 3.05) is 31.6 Å². The van der Waals surface area contributed by atoms with Crippen LogP contribution in [0.15, 0.2) is 48.4 Å². The van der Waals surface area contributed by atoms with Crippen LogP contribution < -0.4 is 9.64 Å². The van der Waals surface area contributed by atoms with Crippen molar-refractivity contribution < 1.29 is 32.2 Å². The van der Waals surface area contributed by atoms with Gasteiger partial charge in [-0.3, -0.25) is 9.48 Å². The molecule has 0 N–H and O–H groups in total. The van der Waals surface area contributed by atoms with Crippen LogP contribution in [-0.2, 0) is 24.0 Å². The molecule has 0 aliphatic carbocycles. The van der Waals surface area contributed by atoms with Gasteiger partial charge in [-0.25, -0.2) is 14.8 Å². The maximum Gasteiger partial charge on any atom is 0.435 e. The Morgan fingerprint density at radius 2 is 1.82 bits per heavy atom. The number of rotatable bonds is 7. The molecule has 4 aromatic rings. The van der Waals surface area contributed by atoms with E-state index in [9.17, 15) is 22.8 Å². The zero-order chi connectivity index (χ0) is 36.1. The van der Waals surface area contributed by atoms with Crippen LogP contribution in [0.25, 0.3) is 17.2 Å². The van der Waals surface area contributed by atoms with Gasteiger partial charge in [-0.2, -0.15) is 18.3 Å². The topological polar surface area (TPSA) is 108 Å². The molecule has 6 rings (SSSR count). The average molecular weight is 692 g/mol. The molecular formula is C36H40F3N7O4. The Balaban J connectivity index is 1.32. The van der Waals surface area contributed by atoms with Crippen molar-refractivity contribution in [3.8, 4) is 16.9 Å². The first kappa shape index (κ1) is 34.7. The van der Waals surface area contributed by atoms with Crippen LogP contribution in [0.1, 0.15) is 66.4 Å². The number of carbonyl (C=O) groups is 2. The Hall–Kier alpha value is -5.14. The van der Waals surface area contributed by atoms with Gasteiger partial charge in [-0.05, 0) is 83.0 Å². The van der Waals surface area contributed by atoms with E-state index in [4.69, 9.17) is 14.5 Å². The van der Waals surface area contributed by atoms with Crippen LogP contribution in [0.4, 0.5) is 23.8 Å². The lowest BCUT2D eigenvalue weighted by molar-refractivity contribution is -0.141. The van der Waals surface area contributed by atoms with Crippen molar-refractivity contribution in [2.45, 2.75) is 72.5 Å². The number of halogens is 3. The highest BCUT2D eigenvalue weighted by Gasteiger charge is 2.40. The number of ketones is 1. The largest absolute Gasteiger partial charge is 0.487 e. The Labute approximate surface area is 288 Å². The molecule has 2 aliphatic heterocycles. The lowest BCUT2D eigenvalue weighted by atomic mass is 9.91. The molecule has 14 heteroatoms. The highest BCUT2D eigenvalue weighted by Crippen LogP contribution is 2.44. The molecule has 0 spiro atoms. The van der Waals surface area contributed by atoms with Gasteiger partial charge in [0.1, 0.15) is 29.6 Å². The third-order valence-electron chi connectivity index (χ3n) is 8.69. The van der Waals surface area contributed by atoms with E-state index in [0.29, 0.717) is 41.6 Å². The second kappa shape index (κ2) is 13.0. The molecule has 0 radical (unpaired) electrons. The highest BCUT2D eigenvalue weighted by atomic mass is 19.4. The second-order valence-electron chi connectivity index (χ2n) is 13.7. The Morgan fingerprint density at radius 1 is 1.10 bits per heavy atom. The number of alkyl halides is 3. The number of aromatic nitrogens is 5. The van der Waals surface area contributed by atoms with E-state index in [1.165, 1.54) is 10.9 Å². The van der Waals surface area contributed by atoms with Gasteiger partial charge in [-0.15, -0.1) is 0 Å². The van der Waals surface area contributed by atoms with Gasteiger partial charge in [0.2, 0.25) is 0 Å². The van der Waals surface area contributed by atoms with E-state index in [2.05, 4.69) is 10.1 Å². The van der Waals surface area contributed by atoms with Gasteiger partial charge in [-0.1, -0.05) is 0 Å². The molecule has 5 heterocycles. The summed E-state index contributed by atoms with van der Waals surface area (Å²) in [5.74, 6) is 1.13. The summed E-state index contributed by atoms with van der Waals surface area (Å²) in [6.07, 6.45) is 1.30. The number of Topliss-reactive ketones (excluding diaryl/α,β-unsaturated/α-hetero) is 1. The summed E-state index contributed by atoms with van der Waals surface area (Å²) in [5.41, 5.74) is 0.889. The molecule has 3 aromatic heterocycles. The second-order valence-corrected chi connectivity index (χ2v) is 13.7. The van der Waals surface area contributed by atoms with Gasteiger partial charge in [0.25, 0.3) is 0 Å². The molecule has 11 nitrogen and oxygen atoms in total. The number of carbonyl (C=O) groups excluding carboxylic acids is 2. The normalized spacial score (nSPS) is 15.9. The fourth-order valence-electron chi connectivity index (χ4n) is 6.02. The maximum atomic E-state index is 14.2. The summed E-state index contributed by atoms with van der Waals surface area (Å²) < 4.78 is 57.4. The number of imidazole rings is 1. The first-order valence-corrected chi connectivity index (χ1v) is 16.4. The van der Waals surface area contributed by atoms with Gasteiger partial charge < -0.3 is 23.8 Å². The number of benzene rings is 1. The predicted octanol–water partition coefficient (Wildman–Crippen LogP) is 6.56. The lowest BCUT2D eigenvalue weighted by Gasteiger charge is -2.44. The zero-order valence-corrected chi connectivity index (χ0v) is 29.1. The average Bonchev–Trinajstić information content (AvgIpc) is 3.63. The standard InChI is InChI=1S/C36H40F3N7O4/c1-8-46-19-29(33(42-46)36(37,38)39)27-13-23(16-44-10-9-40-22(44)3)14-28-31(47)24(20-49-32(27)28)15-25-11-21(2)12-30(41-25)45-17-26(18-45)43(7)34(48)50-35(4,5)6/h9-15,19,26H,8,16-18,20H2,1-7H3/b24-15+. The summed E-state index contributed by atoms with van der Waals surface area (Å²) in [7, 11) is 1.72. The van der Waals surface area contributed by atoms with Gasteiger partial charge in [0.05, 0.1) is 17.3 Å². The van der Waals surface area contributed by atoms with E-state index in [0.717, 1.165) is 5.56 Å². The molecule has 50 heavy (non-hydrogen) atoms. The van der Waals surface area contributed by atoms with E-state index >= 15 is 0 Å². The summed E-state index contributed by atoms with van der Waals surface area (Å²) in [6.45, 7) is 12.4. The molecule has 264 valence electrons. The number of ether oxygens (including phenoxy) is 2. The van der Waals surface area contributed by atoms with Gasteiger partial charge in [0, 0.05) is 68.5 Å². The van der Waals surface area contributed by atoms with E-state index in [1.54, 1.807) is 49.5 Å². The number of fused-ring (bicyclic) bond motifs is 1. The van der Waals surface area contributed by atoms with E-state index in [1.807, 2.05) is 56.2 Å². The third kappa shape index (κ3) is 7.10. The van der Waals surface area contributed by atoms with Crippen molar-refractivity contribution in [2.24, 2.45) is 0 Å². The molecule has 1 amide bonds. The van der Waals surface area contributed by atoms with Gasteiger partial charge >= 0.3 is 12.3 Å². The van der Waals surface area contributed by atoms with E-state index < -0.39 is 17.5 Å². The number of hydrogen-bond donors (Lipinski definition) is 0. The van der Waals surface area contributed by atoms with Crippen LogP contribution in [0, 0.1) is 13.8 Å². The number of nitrogens with zero attached hydrogens (tertiary/aromatic N) is 7. The quantitative estimate of drug-likeness (QED) is 0.201. The molecule has 0 atom stereocenters. The van der Waals surface area contributed by atoms with Crippen molar-refractivity contribution in [1.29, 1.82) is 0 Å². The SMILES string of the molecule is CCn1cc(-c2cc(Cn3ccnc3C)cc3c2OC/C(=C\c2cc(C)cc(N4CC(N(C)C(=O)OC(C)(C)C)C4)n2)C3=O)c(C(F)(F)F)n1. The van der Waals surface area contributed by atoms with Crippen LogP contribution in [0.5, 0.6) is 5.75 Å². The fraction of sp³-hybridized carbons (Fsp3) is 0.417. The number of aryl methyl sites for hydroxylation is 3. The monoisotopic (exact) mass is 691 g/mol. The van der Waals surface area contributed by atoms with Crippen molar-refractivity contribution in [3.63, 3.8) is 0 Å². The Kier molecular flexibility index (Phi) is 8.99. The molecule has 1 fully saturated rings. The fourth-order valence-corrected chi connectivity index (χ4v) is 6.02. The minimum atomic E-state index is -4.72. The Bertz CT molecular complexity index is 1980. The molecular weight excluding hydrogens is 651 g/mol. The summed E-state index contributed by atoms with van der Waals surface area (Å²) in [4.78, 5) is 39.3. The number of amides is 1. The third-order valence-corrected chi connectivity index (χ3v) is 8.69.